The lowest BCUT2D eigenvalue weighted by Gasteiger charge is -2.50. The number of nitriles is 1. The molecule has 2 heterocycles. The standard InChI is InChI=1S/C31H25FN4O/c1-30(2)25-14-13-22-26(21-8-4-5-11-23(21)32)35-29(20-9-6-12-24-19(20)10-7-15-34-24)36-27(22)31(25,3)16-18(17-33)28(30)37/h4-12,15-16,25H,13-14H2,1-3H3/t25-,31-/m1/s1. The lowest BCUT2D eigenvalue weighted by atomic mass is 9.52. The number of ketones is 1. The summed E-state index contributed by atoms with van der Waals surface area (Å²) in [5.74, 6) is -0.0834. The zero-order valence-electron chi connectivity index (χ0n) is 20.9. The van der Waals surface area contributed by atoms with Gasteiger partial charge in [-0.2, -0.15) is 5.26 Å². The summed E-state index contributed by atoms with van der Waals surface area (Å²) in [5.41, 5.74) is 2.92. The molecule has 0 saturated carbocycles. The quantitative estimate of drug-likeness (QED) is 0.327. The van der Waals surface area contributed by atoms with Crippen LogP contribution in [0.2, 0.25) is 0 Å². The fourth-order valence-electron chi connectivity index (χ4n) is 6.45. The number of hydrogen-bond acceptors (Lipinski definition) is 5. The van der Waals surface area contributed by atoms with Gasteiger partial charge in [-0.05, 0) is 43.0 Å². The number of rotatable bonds is 2. The Bertz CT molecular complexity index is 1680. The molecule has 2 atom stereocenters. The Kier molecular flexibility index (Phi) is 5.10. The molecule has 6 heteroatoms. The molecule has 0 radical (unpaired) electrons. The van der Waals surface area contributed by atoms with E-state index < -0.39 is 10.8 Å². The van der Waals surface area contributed by atoms with Gasteiger partial charge < -0.3 is 0 Å². The van der Waals surface area contributed by atoms with E-state index in [1.165, 1.54) is 6.07 Å². The second-order valence-electron chi connectivity index (χ2n) is 10.7. The molecule has 0 N–H and O–H groups in total. The van der Waals surface area contributed by atoms with Gasteiger partial charge in [-0.15, -0.1) is 0 Å². The summed E-state index contributed by atoms with van der Waals surface area (Å²) in [6, 6.07) is 18.4. The van der Waals surface area contributed by atoms with Crippen LogP contribution in [0.25, 0.3) is 33.5 Å². The minimum Gasteiger partial charge on any atom is -0.293 e. The second-order valence-corrected chi connectivity index (χ2v) is 10.7. The number of hydrogen-bond donors (Lipinski definition) is 0. The second kappa shape index (κ2) is 8.14. The van der Waals surface area contributed by atoms with Crippen LogP contribution >= 0.6 is 0 Å². The fraction of sp³-hybridized carbons (Fsp3) is 0.258. The summed E-state index contributed by atoms with van der Waals surface area (Å²) in [6.45, 7) is 5.89. The average Bonchev–Trinajstić information content (AvgIpc) is 2.90. The molecule has 4 aromatic rings. The van der Waals surface area contributed by atoms with E-state index in [0.29, 0.717) is 29.9 Å². The lowest BCUT2D eigenvalue weighted by Crippen LogP contribution is -2.51. The number of pyridine rings is 1. The Hall–Kier alpha value is -4.24. The molecular formula is C31H25FN4O. The smallest absolute Gasteiger partial charge is 0.178 e. The minimum atomic E-state index is -0.737. The van der Waals surface area contributed by atoms with Crippen molar-refractivity contribution >= 4 is 16.7 Å². The Balaban J connectivity index is 1.71. The van der Waals surface area contributed by atoms with Gasteiger partial charge in [0.2, 0.25) is 0 Å². The molecular weight excluding hydrogens is 463 g/mol. The maximum Gasteiger partial charge on any atom is 0.178 e. The largest absolute Gasteiger partial charge is 0.293 e. The predicted molar refractivity (Wildman–Crippen MR) is 140 cm³/mol. The van der Waals surface area contributed by atoms with Crippen molar-refractivity contribution in [3.05, 3.63) is 89.5 Å². The number of aromatic nitrogens is 3. The third kappa shape index (κ3) is 3.34. The van der Waals surface area contributed by atoms with E-state index in [-0.39, 0.29) is 23.1 Å². The van der Waals surface area contributed by atoms with Crippen LogP contribution in [0.1, 0.15) is 38.4 Å². The number of carbonyl (C=O) groups is 1. The molecule has 6 rings (SSSR count). The van der Waals surface area contributed by atoms with E-state index in [2.05, 4.69) is 11.1 Å². The van der Waals surface area contributed by atoms with Crippen molar-refractivity contribution in [2.45, 2.75) is 39.0 Å². The van der Waals surface area contributed by atoms with Crippen LogP contribution in [0.5, 0.6) is 0 Å². The van der Waals surface area contributed by atoms with Crippen molar-refractivity contribution < 1.29 is 9.18 Å². The van der Waals surface area contributed by atoms with Crippen LogP contribution in [-0.4, -0.2) is 20.7 Å². The van der Waals surface area contributed by atoms with Gasteiger partial charge in [-0.3, -0.25) is 9.78 Å². The molecule has 0 fully saturated rings. The topological polar surface area (TPSA) is 79.5 Å². The molecule has 2 aromatic carbocycles. The number of allylic oxidation sites excluding steroid dienone is 2. The van der Waals surface area contributed by atoms with Gasteiger partial charge >= 0.3 is 0 Å². The van der Waals surface area contributed by atoms with E-state index in [4.69, 9.17) is 9.97 Å². The first-order valence-corrected chi connectivity index (χ1v) is 12.4. The zero-order chi connectivity index (χ0) is 25.9. The van der Waals surface area contributed by atoms with Gasteiger partial charge in [0.25, 0.3) is 0 Å². The number of halogens is 1. The molecule has 5 nitrogen and oxygen atoms in total. The monoisotopic (exact) mass is 488 g/mol. The molecule has 0 spiro atoms. The molecule has 0 aliphatic heterocycles. The van der Waals surface area contributed by atoms with Crippen molar-refractivity contribution in [1.82, 2.24) is 15.0 Å². The number of fused-ring (bicyclic) bond motifs is 4. The summed E-state index contributed by atoms with van der Waals surface area (Å²) < 4.78 is 15.2. The predicted octanol–water partition coefficient (Wildman–Crippen LogP) is 6.38. The average molecular weight is 489 g/mol. The van der Waals surface area contributed by atoms with E-state index >= 15 is 4.39 Å². The summed E-state index contributed by atoms with van der Waals surface area (Å²) >= 11 is 0. The van der Waals surface area contributed by atoms with Crippen molar-refractivity contribution in [1.29, 1.82) is 5.26 Å². The number of carbonyl (C=O) groups excluding carboxylic acids is 1. The highest BCUT2D eigenvalue weighted by atomic mass is 19.1. The van der Waals surface area contributed by atoms with Gasteiger partial charge in [-0.25, -0.2) is 14.4 Å². The minimum absolute atomic E-state index is 0.0671. The molecule has 182 valence electrons. The number of benzene rings is 2. The molecule has 0 unspecified atom stereocenters. The van der Waals surface area contributed by atoms with Crippen LogP contribution in [-0.2, 0) is 16.6 Å². The normalized spacial score (nSPS) is 22.1. The Morgan fingerprint density at radius 1 is 1.00 bits per heavy atom. The summed E-state index contributed by atoms with van der Waals surface area (Å²) in [4.78, 5) is 27.8. The molecule has 2 aromatic heterocycles. The van der Waals surface area contributed by atoms with Crippen LogP contribution in [0.4, 0.5) is 4.39 Å². The van der Waals surface area contributed by atoms with Gasteiger partial charge in [0.1, 0.15) is 11.9 Å². The number of nitrogens with zero attached hydrogens (tertiary/aromatic N) is 4. The van der Waals surface area contributed by atoms with Crippen molar-refractivity contribution in [3.63, 3.8) is 0 Å². The van der Waals surface area contributed by atoms with E-state index in [1.54, 1.807) is 30.5 Å². The molecule has 37 heavy (non-hydrogen) atoms. The van der Waals surface area contributed by atoms with Gasteiger partial charge in [-0.1, -0.05) is 57.2 Å². The highest BCUT2D eigenvalue weighted by Gasteiger charge is 2.55. The van der Waals surface area contributed by atoms with Crippen LogP contribution in [0, 0.1) is 28.5 Å². The SMILES string of the molecule is CC1(C)C(=O)C(C#N)=C[C@@]2(C)c3nc(-c4cccc5ncccc45)nc(-c4ccccc4F)c3CC[C@H]12. The van der Waals surface area contributed by atoms with Gasteiger partial charge in [0, 0.05) is 39.1 Å². The van der Waals surface area contributed by atoms with Crippen molar-refractivity contribution in [3.8, 4) is 28.7 Å². The fourth-order valence-corrected chi connectivity index (χ4v) is 6.45. The third-order valence-corrected chi connectivity index (χ3v) is 8.21. The lowest BCUT2D eigenvalue weighted by molar-refractivity contribution is -0.128. The first-order valence-electron chi connectivity index (χ1n) is 12.4. The van der Waals surface area contributed by atoms with Crippen LogP contribution in [0.15, 0.2) is 72.4 Å². The highest BCUT2D eigenvalue weighted by molar-refractivity contribution is 6.04. The maximum atomic E-state index is 15.2. The molecule has 2 aliphatic carbocycles. The zero-order valence-corrected chi connectivity index (χ0v) is 20.9. The molecule has 0 saturated heterocycles. The summed E-state index contributed by atoms with van der Waals surface area (Å²) in [7, 11) is 0. The van der Waals surface area contributed by atoms with E-state index in [9.17, 15) is 10.1 Å². The van der Waals surface area contributed by atoms with Crippen LogP contribution < -0.4 is 0 Å². The van der Waals surface area contributed by atoms with E-state index in [0.717, 1.165) is 27.7 Å². The van der Waals surface area contributed by atoms with Crippen molar-refractivity contribution in [2.24, 2.45) is 11.3 Å². The molecule has 2 aliphatic rings. The third-order valence-electron chi connectivity index (χ3n) is 8.21. The van der Waals surface area contributed by atoms with Gasteiger partial charge in [0.05, 0.1) is 22.5 Å². The summed E-state index contributed by atoms with van der Waals surface area (Å²) in [6.07, 6.45) is 4.85. The Morgan fingerprint density at radius 2 is 1.78 bits per heavy atom. The number of Topliss-reactive ketones (excluding diaryl/α,β-unsaturated/α-hetero) is 1. The first kappa shape index (κ1) is 23.2. The Labute approximate surface area is 214 Å². The van der Waals surface area contributed by atoms with Crippen LogP contribution in [0.3, 0.4) is 0 Å². The molecule has 0 amide bonds. The maximum absolute atomic E-state index is 15.2. The van der Waals surface area contributed by atoms with Crippen molar-refractivity contribution in [2.75, 3.05) is 0 Å². The first-order chi connectivity index (χ1) is 17.8. The summed E-state index contributed by atoms with van der Waals surface area (Å²) in [5, 5.41) is 10.7. The van der Waals surface area contributed by atoms with E-state index in [1.807, 2.05) is 51.1 Å². The Morgan fingerprint density at radius 3 is 2.57 bits per heavy atom. The highest BCUT2D eigenvalue weighted by Crippen LogP contribution is 2.55. The van der Waals surface area contributed by atoms with Gasteiger partial charge in [0.15, 0.2) is 11.6 Å². The molecule has 0 bridgehead atoms.